The predicted octanol–water partition coefficient (Wildman–Crippen LogP) is 3.58. The Balaban J connectivity index is 2.10. The molecule has 0 aliphatic heterocycles. The number of benzene rings is 1. The zero-order chi connectivity index (χ0) is 15.2. The number of nitrogens with one attached hydrogen (secondary N) is 1. The number of ether oxygens (including phenoxy) is 1. The molecule has 0 radical (unpaired) electrons. The van der Waals surface area contributed by atoms with Gasteiger partial charge in [0.2, 0.25) is 0 Å². The lowest BCUT2D eigenvalue weighted by atomic mass is 10.1. The van der Waals surface area contributed by atoms with E-state index in [-0.39, 0.29) is 5.82 Å². The first-order valence-electron chi connectivity index (χ1n) is 7.28. The number of rotatable bonds is 7. The van der Waals surface area contributed by atoms with E-state index in [2.05, 4.69) is 24.3 Å². The second kappa shape index (κ2) is 7.22. The van der Waals surface area contributed by atoms with Gasteiger partial charge in [-0.05, 0) is 37.6 Å². The molecule has 0 fully saturated rings. The molecule has 0 bridgehead atoms. The van der Waals surface area contributed by atoms with Gasteiger partial charge in [-0.2, -0.15) is 5.10 Å². The van der Waals surface area contributed by atoms with Gasteiger partial charge in [0.15, 0.2) is 5.75 Å². The molecule has 0 unspecified atom stereocenters. The highest BCUT2D eigenvalue weighted by Gasteiger charge is 2.08. The topological polar surface area (TPSA) is 39.1 Å². The molecule has 1 aromatic carbocycles. The zero-order valence-electron chi connectivity index (χ0n) is 12.8. The van der Waals surface area contributed by atoms with Gasteiger partial charge < -0.3 is 10.1 Å². The number of nitrogens with zero attached hydrogens (tertiary/aromatic N) is 2. The van der Waals surface area contributed by atoms with Gasteiger partial charge in [-0.15, -0.1) is 0 Å². The first-order chi connectivity index (χ1) is 10.1. The Morgan fingerprint density at radius 3 is 2.86 bits per heavy atom. The molecule has 0 aliphatic rings. The highest BCUT2D eigenvalue weighted by molar-refractivity contribution is 5.37. The van der Waals surface area contributed by atoms with Gasteiger partial charge in [-0.25, -0.2) is 4.39 Å². The Hall–Kier alpha value is -1.88. The van der Waals surface area contributed by atoms with Gasteiger partial charge in [-0.3, -0.25) is 4.68 Å². The minimum Gasteiger partial charge on any atom is -0.454 e. The van der Waals surface area contributed by atoms with Gasteiger partial charge in [0.25, 0.3) is 0 Å². The Morgan fingerprint density at radius 1 is 1.38 bits per heavy atom. The minimum atomic E-state index is -0.257. The molecule has 114 valence electrons. The normalized spacial score (nSPS) is 11.1. The quantitative estimate of drug-likeness (QED) is 0.847. The fourth-order valence-corrected chi connectivity index (χ4v) is 1.98. The average Bonchev–Trinajstić information content (AvgIpc) is 2.89. The maximum Gasteiger partial charge on any atom is 0.165 e. The first-order valence-corrected chi connectivity index (χ1v) is 7.28. The Morgan fingerprint density at radius 2 is 2.19 bits per heavy atom. The Labute approximate surface area is 124 Å². The van der Waals surface area contributed by atoms with Crippen LogP contribution in [-0.2, 0) is 13.1 Å². The summed E-state index contributed by atoms with van der Waals surface area (Å²) in [6.07, 6.45) is 3.49. The summed E-state index contributed by atoms with van der Waals surface area (Å²) >= 11 is 0. The molecule has 1 heterocycles. The molecule has 21 heavy (non-hydrogen) atoms. The van der Waals surface area contributed by atoms with Crippen LogP contribution < -0.4 is 10.1 Å². The minimum absolute atomic E-state index is 0.257. The summed E-state index contributed by atoms with van der Waals surface area (Å²) in [5.41, 5.74) is 0.805. The summed E-state index contributed by atoms with van der Waals surface area (Å²) in [7, 11) is 0. The van der Waals surface area contributed by atoms with Crippen LogP contribution in [0.15, 0.2) is 30.6 Å². The fourth-order valence-electron chi connectivity index (χ4n) is 1.98. The number of hydrogen-bond donors (Lipinski definition) is 1. The molecular weight excluding hydrogens is 269 g/mol. The maximum atomic E-state index is 13.4. The van der Waals surface area contributed by atoms with Gasteiger partial charge in [0, 0.05) is 18.7 Å². The fraction of sp³-hybridized carbons (Fsp3) is 0.438. The van der Waals surface area contributed by atoms with Crippen molar-refractivity contribution in [1.29, 1.82) is 0 Å². The maximum absolute atomic E-state index is 13.4. The predicted molar refractivity (Wildman–Crippen MR) is 80.9 cm³/mol. The van der Waals surface area contributed by atoms with Crippen LogP contribution in [0.5, 0.6) is 11.5 Å². The summed E-state index contributed by atoms with van der Waals surface area (Å²) in [5, 5.41) is 7.47. The molecule has 0 atom stereocenters. The van der Waals surface area contributed by atoms with Gasteiger partial charge in [0.05, 0.1) is 12.4 Å². The largest absolute Gasteiger partial charge is 0.454 e. The second-order valence-corrected chi connectivity index (χ2v) is 5.41. The number of aromatic nitrogens is 2. The van der Waals surface area contributed by atoms with Crippen LogP contribution in [0.3, 0.4) is 0 Å². The van der Waals surface area contributed by atoms with Crippen molar-refractivity contribution in [2.24, 2.45) is 5.92 Å². The highest BCUT2D eigenvalue weighted by Crippen LogP contribution is 2.25. The van der Waals surface area contributed by atoms with Gasteiger partial charge in [0.1, 0.15) is 11.6 Å². The molecule has 5 heteroatoms. The van der Waals surface area contributed by atoms with Crippen molar-refractivity contribution in [3.8, 4) is 11.5 Å². The Bertz CT molecular complexity index is 581. The third kappa shape index (κ3) is 4.56. The van der Waals surface area contributed by atoms with Crippen molar-refractivity contribution in [3.05, 3.63) is 42.0 Å². The second-order valence-electron chi connectivity index (χ2n) is 5.41. The molecule has 1 N–H and O–H groups in total. The number of aryl methyl sites for hydroxylation is 1. The van der Waals surface area contributed by atoms with E-state index < -0.39 is 0 Å². The van der Waals surface area contributed by atoms with E-state index in [4.69, 9.17) is 4.74 Å². The molecule has 0 saturated heterocycles. The van der Waals surface area contributed by atoms with E-state index in [0.717, 1.165) is 18.7 Å². The SMILES string of the molecule is CCn1cc(Oc2ccc(F)cc2CNCC(C)C)cn1. The lowest BCUT2D eigenvalue weighted by molar-refractivity contribution is 0.465. The number of hydrogen-bond acceptors (Lipinski definition) is 3. The molecule has 2 rings (SSSR count). The summed E-state index contributed by atoms with van der Waals surface area (Å²) in [6.45, 7) is 8.52. The highest BCUT2D eigenvalue weighted by atomic mass is 19.1. The first kappa shape index (κ1) is 15.5. The summed E-state index contributed by atoms with van der Waals surface area (Å²) in [5.74, 6) is 1.61. The molecular formula is C16H22FN3O. The Kier molecular flexibility index (Phi) is 5.33. The monoisotopic (exact) mass is 291 g/mol. The average molecular weight is 291 g/mol. The van der Waals surface area contributed by atoms with Crippen LogP contribution in [0.25, 0.3) is 0 Å². The van der Waals surface area contributed by atoms with Gasteiger partial charge in [-0.1, -0.05) is 13.8 Å². The molecule has 0 spiro atoms. The molecule has 4 nitrogen and oxygen atoms in total. The van der Waals surface area contributed by atoms with E-state index in [9.17, 15) is 4.39 Å². The van der Waals surface area contributed by atoms with Crippen LogP contribution in [-0.4, -0.2) is 16.3 Å². The van der Waals surface area contributed by atoms with Crippen molar-refractivity contribution in [1.82, 2.24) is 15.1 Å². The van der Waals surface area contributed by atoms with Crippen LogP contribution in [0.4, 0.5) is 4.39 Å². The summed E-state index contributed by atoms with van der Waals surface area (Å²) in [4.78, 5) is 0. The van der Waals surface area contributed by atoms with Crippen molar-refractivity contribution in [2.45, 2.75) is 33.9 Å². The van der Waals surface area contributed by atoms with Crippen molar-refractivity contribution < 1.29 is 9.13 Å². The van der Waals surface area contributed by atoms with Crippen molar-refractivity contribution in [2.75, 3.05) is 6.54 Å². The number of halogens is 1. The third-order valence-electron chi connectivity index (χ3n) is 3.05. The molecule has 0 amide bonds. The van der Waals surface area contributed by atoms with Crippen LogP contribution in [0, 0.1) is 11.7 Å². The van der Waals surface area contributed by atoms with Crippen LogP contribution >= 0.6 is 0 Å². The summed E-state index contributed by atoms with van der Waals surface area (Å²) in [6, 6.07) is 4.57. The summed E-state index contributed by atoms with van der Waals surface area (Å²) < 4.78 is 21.0. The van der Waals surface area contributed by atoms with Crippen LogP contribution in [0.1, 0.15) is 26.3 Å². The van der Waals surface area contributed by atoms with Crippen molar-refractivity contribution in [3.63, 3.8) is 0 Å². The molecule has 0 saturated carbocycles. The van der Waals surface area contributed by atoms with E-state index in [1.807, 2.05) is 13.1 Å². The zero-order valence-corrected chi connectivity index (χ0v) is 12.8. The smallest absolute Gasteiger partial charge is 0.165 e. The van der Waals surface area contributed by atoms with E-state index in [1.165, 1.54) is 12.1 Å². The molecule has 2 aromatic rings. The third-order valence-corrected chi connectivity index (χ3v) is 3.05. The van der Waals surface area contributed by atoms with E-state index in [0.29, 0.717) is 24.0 Å². The van der Waals surface area contributed by atoms with E-state index in [1.54, 1.807) is 16.9 Å². The molecule has 1 aromatic heterocycles. The van der Waals surface area contributed by atoms with Crippen molar-refractivity contribution >= 4 is 0 Å². The lowest BCUT2D eigenvalue weighted by Gasteiger charge is -2.12. The standard InChI is InChI=1S/C16H22FN3O/c1-4-20-11-15(10-19-20)21-16-6-5-14(17)7-13(16)9-18-8-12(2)3/h5-7,10-12,18H,4,8-9H2,1-3H3. The van der Waals surface area contributed by atoms with Gasteiger partial charge >= 0.3 is 0 Å². The molecule has 0 aliphatic carbocycles. The lowest BCUT2D eigenvalue weighted by Crippen LogP contribution is -2.19. The van der Waals surface area contributed by atoms with Crippen LogP contribution in [0.2, 0.25) is 0 Å². The van der Waals surface area contributed by atoms with E-state index >= 15 is 0 Å².